The molecule has 4 aromatic heterocycles. The molecule has 0 radical (unpaired) electrons. The van der Waals surface area contributed by atoms with Crippen LogP contribution in [0.3, 0.4) is 0 Å². The molecule has 31 heavy (non-hydrogen) atoms. The number of nitrogens with one attached hydrogen (secondary N) is 2. The van der Waals surface area contributed by atoms with E-state index in [0.29, 0.717) is 28.7 Å². The summed E-state index contributed by atoms with van der Waals surface area (Å²) in [6.07, 6.45) is 5.22. The number of carbonyl (C=O) groups is 1. The summed E-state index contributed by atoms with van der Waals surface area (Å²) >= 11 is 0. The molecule has 4 heterocycles. The van der Waals surface area contributed by atoms with E-state index in [4.69, 9.17) is 4.52 Å². The van der Waals surface area contributed by atoms with Gasteiger partial charge in [-0.2, -0.15) is 10.1 Å². The monoisotopic (exact) mass is 413 g/mol. The van der Waals surface area contributed by atoms with Crippen LogP contribution in [0.2, 0.25) is 0 Å². The van der Waals surface area contributed by atoms with Gasteiger partial charge in [0.05, 0.1) is 12.4 Å². The van der Waals surface area contributed by atoms with Crippen molar-refractivity contribution in [3.63, 3.8) is 0 Å². The SMILES string of the molecule is Cc1nc(-c2ccc(C)c(NC(=O)c3cnc4ccc(-c5cn[nH]c5C)cn34)c2)no1. The lowest BCUT2D eigenvalue weighted by atomic mass is 10.1. The van der Waals surface area contributed by atoms with E-state index in [2.05, 4.69) is 30.6 Å². The van der Waals surface area contributed by atoms with E-state index in [0.717, 1.165) is 27.9 Å². The van der Waals surface area contributed by atoms with Crippen molar-refractivity contribution in [1.29, 1.82) is 0 Å². The fraction of sp³-hybridized carbons (Fsp3) is 0.136. The standard InChI is InChI=1S/C22H19N7O2/c1-12-4-5-15(21-25-14(3)31-28-21)8-18(12)26-22(30)19-10-23-20-7-6-16(11-29(19)20)17-9-24-27-13(17)2/h4-11H,1-3H3,(H,24,27)(H,26,30). The maximum atomic E-state index is 13.1. The topological polar surface area (TPSA) is 114 Å². The van der Waals surface area contributed by atoms with Crippen molar-refractivity contribution >= 4 is 17.2 Å². The molecule has 9 nitrogen and oxygen atoms in total. The van der Waals surface area contributed by atoms with E-state index < -0.39 is 0 Å². The summed E-state index contributed by atoms with van der Waals surface area (Å²) < 4.78 is 6.84. The number of carbonyl (C=O) groups excluding carboxylic acids is 1. The second kappa shape index (κ2) is 7.21. The summed E-state index contributed by atoms with van der Waals surface area (Å²) in [6.45, 7) is 5.61. The summed E-state index contributed by atoms with van der Waals surface area (Å²) in [7, 11) is 0. The largest absolute Gasteiger partial charge is 0.339 e. The van der Waals surface area contributed by atoms with Crippen molar-refractivity contribution in [3.05, 3.63) is 71.8 Å². The number of nitrogens with zero attached hydrogens (tertiary/aromatic N) is 5. The highest BCUT2D eigenvalue weighted by molar-refractivity contribution is 6.04. The molecular formula is C22H19N7O2. The number of amides is 1. The molecule has 1 amide bonds. The molecule has 0 aliphatic heterocycles. The molecule has 1 aromatic carbocycles. The molecule has 5 aromatic rings. The van der Waals surface area contributed by atoms with E-state index in [1.165, 1.54) is 0 Å². The van der Waals surface area contributed by atoms with Crippen LogP contribution >= 0.6 is 0 Å². The van der Waals surface area contributed by atoms with Gasteiger partial charge in [-0.15, -0.1) is 0 Å². The number of aryl methyl sites for hydroxylation is 3. The zero-order chi connectivity index (χ0) is 21.5. The maximum Gasteiger partial charge on any atom is 0.274 e. The van der Waals surface area contributed by atoms with Crippen molar-refractivity contribution < 1.29 is 9.32 Å². The summed E-state index contributed by atoms with van der Waals surface area (Å²) in [5.74, 6) is 0.691. The van der Waals surface area contributed by atoms with Crippen molar-refractivity contribution in [3.8, 4) is 22.5 Å². The molecule has 5 rings (SSSR count). The summed E-state index contributed by atoms with van der Waals surface area (Å²) in [4.78, 5) is 21.7. The third-order valence-corrected chi connectivity index (χ3v) is 5.15. The first-order chi connectivity index (χ1) is 15.0. The summed E-state index contributed by atoms with van der Waals surface area (Å²) in [5.41, 5.74) is 6.32. The number of H-pyrrole nitrogens is 1. The Kier molecular flexibility index (Phi) is 4.36. The predicted molar refractivity (Wildman–Crippen MR) is 115 cm³/mol. The fourth-order valence-corrected chi connectivity index (χ4v) is 3.45. The molecule has 0 aliphatic rings. The third-order valence-electron chi connectivity index (χ3n) is 5.15. The number of pyridine rings is 1. The van der Waals surface area contributed by atoms with Gasteiger partial charge in [-0.05, 0) is 37.6 Å². The quantitative estimate of drug-likeness (QED) is 0.461. The van der Waals surface area contributed by atoms with E-state index in [9.17, 15) is 4.79 Å². The smallest absolute Gasteiger partial charge is 0.274 e. The van der Waals surface area contributed by atoms with Crippen LogP contribution in [0.15, 0.2) is 53.4 Å². The zero-order valence-corrected chi connectivity index (χ0v) is 17.2. The van der Waals surface area contributed by atoms with Gasteiger partial charge in [-0.1, -0.05) is 17.3 Å². The van der Waals surface area contributed by atoms with Gasteiger partial charge in [-0.3, -0.25) is 14.3 Å². The van der Waals surface area contributed by atoms with E-state index in [1.54, 1.807) is 23.7 Å². The Morgan fingerprint density at radius 3 is 2.68 bits per heavy atom. The highest BCUT2D eigenvalue weighted by Crippen LogP contribution is 2.25. The fourth-order valence-electron chi connectivity index (χ4n) is 3.45. The van der Waals surface area contributed by atoms with Gasteiger partial charge in [0.25, 0.3) is 5.91 Å². The molecule has 154 valence electrons. The molecule has 0 fully saturated rings. The number of hydrogen-bond acceptors (Lipinski definition) is 6. The number of benzene rings is 1. The second-order valence-corrected chi connectivity index (χ2v) is 7.32. The molecule has 0 bridgehead atoms. The lowest BCUT2D eigenvalue weighted by Crippen LogP contribution is -2.15. The minimum atomic E-state index is -0.266. The van der Waals surface area contributed by atoms with Crippen molar-refractivity contribution in [1.82, 2.24) is 29.7 Å². The zero-order valence-electron chi connectivity index (χ0n) is 17.2. The van der Waals surface area contributed by atoms with Gasteiger partial charge in [0.15, 0.2) is 0 Å². The number of fused-ring (bicyclic) bond motifs is 1. The van der Waals surface area contributed by atoms with Crippen LogP contribution in [-0.2, 0) is 0 Å². The van der Waals surface area contributed by atoms with Crippen LogP contribution in [0.25, 0.3) is 28.2 Å². The van der Waals surface area contributed by atoms with Crippen LogP contribution < -0.4 is 5.32 Å². The van der Waals surface area contributed by atoms with Crippen LogP contribution in [0, 0.1) is 20.8 Å². The summed E-state index contributed by atoms with van der Waals surface area (Å²) in [6, 6.07) is 9.47. The molecular weight excluding hydrogens is 394 g/mol. The van der Waals surface area contributed by atoms with Crippen LogP contribution in [0.5, 0.6) is 0 Å². The molecule has 0 saturated carbocycles. The van der Waals surface area contributed by atoms with Gasteiger partial charge in [-0.25, -0.2) is 4.98 Å². The number of rotatable bonds is 4. The lowest BCUT2D eigenvalue weighted by Gasteiger charge is -2.10. The van der Waals surface area contributed by atoms with Crippen molar-refractivity contribution in [2.24, 2.45) is 0 Å². The highest BCUT2D eigenvalue weighted by Gasteiger charge is 2.16. The first kappa shape index (κ1) is 18.7. The Balaban J connectivity index is 1.49. The third kappa shape index (κ3) is 3.35. The Morgan fingerprint density at radius 1 is 1.10 bits per heavy atom. The van der Waals surface area contributed by atoms with Crippen molar-refractivity contribution in [2.75, 3.05) is 5.32 Å². The van der Waals surface area contributed by atoms with Crippen LogP contribution in [0.4, 0.5) is 5.69 Å². The van der Waals surface area contributed by atoms with E-state index in [-0.39, 0.29) is 5.91 Å². The van der Waals surface area contributed by atoms with Gasteiger partial charge in [0.1, 0.15) is 11.3 Å². The Hall–Kier alpha value is -4.27. The van der Waals surface area contributed by atoms with Gasteiger partial charge >= 0.3 is 0 Å². The van der Waals surface area contributed by atoms with Gasteiger partial charge in [0, 0.05) is 41.2 Å². The first-order valence-electron chi connectivity index (χ1n) is 9.70. The highest BCUT2D eigenvalue weighted by atomic mass is 16.5. The maximum absolute atomic E-state index is 13.1. The van der Waals surface area contributed by atoms with E-state index in [1.807, 2.05) is 50.4 Å². The Labute approximate surface area is 177 Å². The molecule has 2 N–H and O–H groups in total. The molecule has 0 atom stereocenters. The average Bonchev–Trinajstić information content (AvgIpc) is 3.48. The number of imidazole rings is 1. The molecule has 0 saturated heterocycles. The predicted octanol–water partition coefficient (Wildman–Crippen LogP) is 3.95. The molecule has 0 aliphatic carbocycles. The van der Waals surface area contributed by atoms with Crippen molar-refractivity contribution in [2.45, 2.75) is 20.8 Å². The summed E-state index contributed by atoms with van der Waals surface area (Å²) in [5, 5.41) is 13.9. The normalized spacial score (nSPS) is 11.2. The number of anilines is 1. The Morgan fingerprint density at radius 2 is 1.94 bits per heavy atom. The minimum absolute atomic E-state index is 0.266. The molecule has 9 heteroatoms. The molecule has 0 spiro atoms. The van der Waals surface area contributed by atoms with Crippen LogP contribution in [0.1, 0.15) is 27.6 Å². The van der Waals surface area contributed by atoms with E-state index >= 15 is 0 Å². The van der Waals surface area contributed by atoms with Gasteiger partial charge < -0.3 is 9.84 Å². The Bertz CT molecular complexity index is 1430. The average molecular weight is 413 g/mol. The number of aromatic amines is 1. The lowest BCUT2D eigenvalue weighted by molar-refractivity contribution is 0.102. The van der Waals surface area contributed by atoms with Gasteiger partial charge in [0.2, 0.25) is 11.7 Å². The number of aromatic nitrogens is 6. The van der Waals surface area contributed by atoms with Crippen LogP contribution in [-0.4, -0.2) is 35.6 Å². The number of hydrogen-bond donors (Lipinski definition) is 2. The second-order valence-electron chi connectivity index (χ2n) is 7.32. The first-order valence-corrected chi connectivity index (χ1v) is 9.70. The minimum Gasteiger partial charge on any atom is -0.339 e. The molecule has 0 unspecified atom stereocenters.